The molecule has 3 rings (SSSR count). The summed E-state index contributed by atoms with van der Waals surface area (Å²) in [6.07, 6.45) is 0.994. The Bertz CT molecular complexity index is 1010. The topological polar surface area (TPSA) is 111 Å². The Hall–Kier alpha value is -3.27. The van der Waals surface area contributed by atoms with Gasteiger partial charge in [0.15, 0.2) is 0 Å². The molecule has 0 unspecified atom stereocenters. The normalized spacial score (nSPS) is 14.3. The van der Waals surface area contributed by atoms with Crippen molar-refractivity contribution >= 4 is 17.6 Å². The van der Waals surface area contributed by atoms with Crippen molar-refractivity contribution in [2.75, 3.05) is 31.3 Å². The predicted octanol–water partition coefficient (Wildman–Crippen LogP) is 0.205. The minimum absolute atomic E-state index is 0.0499. The highest BCUT2D eigenvalue weighted by Crippen LogP contribution is 2.23. The molecule has 1 amide bonds. The van der Waals surface area contributed by atoms with Crippen LogP contribution in [-0.4, -0.2) is 47.8 Å². The fourth-order valence-corrected chi connectivity index (χ4v) is 2.65. The first kappa shape index (κ1) is 18.5. The summed E-state index contributed by atoms with van der Waals surface area (Å²) in [4.78, 5) is 50.8. The van der Waals surface area contributed by atoms with E-state index in [2.05, 4.69) is 0 Å². The predicted molar refractivity (Wildman–Crippen MR) is 91.7 cm³/mol. The number of hydrogen-bond acceptors (Lipinski definition) is 6. The van der Waals surface area contributed by atoms with Crippen molar-refractivity contribution in [3.05, 3.63) is 56.6 Å². The third-order valence-electron chi connectivity index (χ3n) is 3.92. The second-order valence-electron chi connectivity index (χ2n) is 5.63. The number of nitrogens with zero attached hydrogens (tertiary/aromatic N) is 2. The van der Waals surface area contributed by atoms with E-state index in [1.54, 1.807) is 6.92 Å². The molecule has 0 aliphatic carbocycles. The summed E-state index contributed by atoms with van der Waals surface area (Å²) in [6, 6.07) is 3.78. The summed E-state index contributed by atoms with van der Waals surface area (Å²) in [6.45, 7) is 1.98. The highest BCUT2D eigenvalue weighted by Gasteiger charge is 2.23. The van der Waals surface area contributed by atoms with Crippen molar-refractivity contribution in [1.82, 2.24) is 9.55 Å². The van der Waals surface area contributed by atoms with Crippen LogP contribution in [0.4, 0.5) is 10.1 Å². The summed E-state index contributed by atoms with van der Waals surface area (Å²) in [5.41, 5.74) is -2.00. The smallest absolute Gasteiger partial charge is 0.345 e. The standard InChI is InChI=1S/C17H16FN3O6/c1-2-27-16(24)11-8-21(17(25)19-15(11)23)10-3-4-13(12(18)7-10)20-5-6-26-9-14(20)22/h3-4,7-8H,2,5-6,9H2,1H3,(H,19,23,25). The Morgan fingerprint density at radius 1 is 1.33 bits per heavy atom. The first-order chi connectivity index (χ1) is 12.9. The lowest BCUT2D eigenvalue weighted by Crippen LogP contribution is -2.42. The van der Waals surface area contributed by atoms with E-state index in [9.17, 15) is 23.6 Å². The molecule has 1 aromatic carbocycles. The van der Waals surface area contributed by atoms with Gasteiger partial charge < -0.3 is 14.4 Å². The molecule has 1 aliphatic heterocycles. The Balaban J connectivity index is 2.02. The van der Waals surface area contributed by atoms with Crippen LogP contribution in [0.15, 0.2) is 34.0 Å². The second kappa shape index (κ2) is 7.54. The molecule has 1 aliphatic rings. The van der Waals surface area contributed by atoms with Gasteiger partial charge >= 0.3 is 11.7 Å². The first-order valence-corrected chi connectivity index (χ1v) is 8.13. The second-order valence-corrected chi connectivity index (χ2v) is 5.63. The average Bonchev–Trinajstić information content (AvgIpc) is 2.63. The van der Waals surface area contributed by atoms with Gasteiger partial charge in [-0.1, -0.05) is 0 Å². The molecular weight excluding hydrogens is 361 g/mol. The lowest BCUT2D eigenvalue weighted by Gasteiger charge is -2.27. The number of nitrogens with one attached hydrogen (secondary N) is 1. The fraction of sp³-hybridized carbons (Fsp3) is 0.294. The van der Waals surface area contributed by atoms with Crippen molar-refractivity contribution in [3.63, 3.8) is 0 Å². The lowest BCUT2D eigenvalue weighted by molar-refractivity contribution is -0.125. The average molecular weight is 377 g/mol. The lowest BCUT2D eigenvalue weighted by atomic mass is 10.2. The Labute approximate surface area is 151 Å². The Morgan fingerprint density at radius 2 is 2.11 bits per heavy atom. The molecule has 0 spiro atoms. The van der Waals surface area contributed by atoms with Gasteiger partial charge in [0.25, 0.3) is 11.5 Å². The number of carbonyl (C=O) groups is 2. The van der Waals surface area contributed by atoms with Gasteiger partial charge in [-0.15, -0.1) is 0 Å². The van der Waals surface area contributed by atoms with E-state index in [0.29, 0.717) is 0 Å². The fourth-order valence-electron chi connectivity index (χ4n) is 2.65. The van der Waals surface area contributed by atoms with Crippen LogP contribution in [0.5, 0.6) is 0 Å². The molecule has 2 aromatic rings. The highest BCUT2D eigenvalue weighted by molar-refractivity contribution is 5.95. The van der Waals surface area contributed by atoms with Crippen LogP contribution < -0.4 is 16.1 Å². The van der Waals surface area contributed by atoms with E-state index in [1.807, 2.05) is 4.98 Å². The maximum atomic E-state index is 14.6. The molecule has 1 N–H and O–H groups in total. The minimum Gasteiger partial charge on any atom is -0.462 e. The molecule has 27 heavy (non-hydrogen) atoms. The number of carbonyl (C=O) groups excluding carboxylic acids is 2. The van der Waals surface area contributed by atoms with Gasteiger partial charge in [0.1, 0.15) is 18.0 Å². The number of H-pyrrole nitrogens is 1. The van der Waals surface area contributed by atoms with E-state index in [4.69, 9.17) is 9.47 Å². The maximum absolute atomic E-state index is 14.6. The van der Waals surface area contributed by atoms with Crippen LogP contribution in [0.25, 0.3) is 5.69 Å². The molecule has 0 atom stereocenters. The number of amides is 1. The van der Waals surface area contributed by atoms with Gasteiger partial charge in [-0.05, 0) is 19.1 Å². The van der Waals surface area contributed by atoms with Crippen LogP contribution in [0.2, 0.25) is 0 Å². The zero-order chi connectivity index (χ0) is 19.6. The third kappa shape index (κ3) is 3.65. The van der Waals surface area contributed by atoms with Gasteiger partial charge in [-0.2, -0.15) is 0 Å². The van der Waals surface area contributed by atoms with Crippen LogP contribution in [0.1, 0.15) is 17.3 Å². The summed E-state index contributed by atoms with van der Waals surface area (Å²) in [5, 5.41) is 0. The van der Waals surface area contributed by atoms with Gasteiger partial charge in [0, 0.05) is 18.8 Å². The van der Waals surface area contributed by atoms with E-state index >= 15 is 0 Å². The Morgan fingerprint density at radius 3 is 2.78 bits per heavy atom. The van der Waals surface area contributed by atoms with E-state index < -0.39 is 23.0 Å². The number of esters is 1. The SMILES string of the molecule is CCOC(=O)c1cn(-c2ccc(N3CCOCC3=O)c(F)c2)c(=O)[nH]c1=O. The number of ether oxygens (including phenoxy) is 2. The maximum Gasteiger partial charge on any atom is 0.345 e. The number of aromatic amines is 1. The zero-order valence-corrected chi connectivity index (χ0v) is 14.4. The van der Waals surface area contributed by atoms with Crippen molar-refractivity contribution in [1.29, 1.82) is 0 Å². The van der Waals surface area contributed by atoms with Crippen LogP contribution >= 0.6 is 0 Å². The van der Waals surface area contributed by atoms with Gasteiger partial charge in [-0.25, -0.2) is 14.0 Å². The van der Waals surface area contributed by atoms with Gasteiger partial charge in [0.05, 0.1) is 24.6 Å². The number of halogens is 1. The molecule has 1 aromatic heterocycles. The molecule has 2 heterocycles. The van der Waals surface area contributed by atoms with Crippen molar-refractivity contribution < 1.29 is 23.5 Å². The van der Waals surface area contributed by atoms with Gasteiger partial charge in [0.2, 0.25) is 0 Å². The van der Waals surface area contributed by atoms with E-state index in [0.717, 1.165) is 16.8 Å². The zero-order valence-electron chi connectivity index (χ0n) is 14.4. The summed E-state index contributed by atoms with van der Waals surface area (Å²) < 4.78 is 25.3. The molecule has 9 nitrogen and oxygen atoms in total. The van der Waals surface area contributed by atoms with Crippen LogP contribution in [0, 0.1) is 5.82 Å². The van der Waals surface area contributed by atoms with Crippen molar-refractivity contribution in [3.8, 4) is 5.69 Å². The number of morpholine rings is 1. The van der Waals surface area contributed by atoms with Gasteiger partial charge in [-0.3, -0.25) is 19.1 Å². The van der Waals surface area contributed by atoms with E-state index in [-0.39, 0.29) is 49.2 Å². The molecular formula is C17H16FN3O6. The summed E-state index contributed by atoms with van der Waals surface area (Å²) in [5.74, 6) is -2.01. The number of anilines is 1. The number of rotatable bonds is 4. The summed E-state index contributed by atoms with van der Waals surface area (Å²) in [7, 11) is 0. The molecule has 0 saturated carbocycles. The molecule has 1 saturated heterocycles. The summed E-state index contributed by atoms with van der Waals surface area (Å²) >= 11 is 0. The van der Waals surface area contributed by atoms with Crippen LogP contribution in [-0.2, 0) is 14.3 Å². The van der Waals surface area contributed by atoms with Crippen molar-refractivity contribution in [2.45, 2.75) is 6.92 Å². The first-order valence-electron chi connectivity index (χ1n) is 8.13. The van der Waals surface area contributed by atoms with E-state index in [1.165, 1.54) is 17.0 Å². The minimum atomic E-state index is -0.900. The van der Waals surface area contributed by atoms with Crippen LogP contribution in [0.3, 0.4) is 0 Å². The van der Waals surface area contributed by atoms with Crippen molar-refractivity contribution in [2.24, 2.45) is 0 Å². The number of benzene rings is 1. The Kier molecular flexibility index (Phi) is 5.17. The molecule has 0 bridgehead atoms. The highest BCUT2D eigenvalue weighted by atomic mass is 19.1. The molecule has 10 heteroatoms. The molecule has 142 valence electrons. The quantitative estimate of drug-likeness (QED) is 0.763. The largest absolute Gasteiger partial charge is 0.462 e. The third-order valence-corrected chi connectivity index (χ3v) is 3.92. The molecule has 0 radical (unpaired) electrons. The molecule has 1 fully saturated rings. The monoisotopic (exact) mass is 377 g/mol. The number of aromatic nitrogens is 2. The number of hydrogen-bond donors (Lipinski definition) is 1.